The summed E-state index contributed by atoms with van der Waals surface area (Å²) in [5.41, 5.74) is 1.15. The molecule has 0 aromatic heterocycles. The van der Waals surface area contributed by atoms with Crippen molar-refractivity contribution in [2.75, 3.05) is 26.9 Å². The molecule has 1 aromatic carbocycles. The highest BCUT2D eigenvalue weighted by Gasteiger charge is 2.02. The summed E-state index contributed by atoms with van der Waals surface area (Å²) in [4.78, 5) is 0. The highest BCUT2D eigenvalue weighted by atomic mass is 79.9. The van der Waals surface area contributed by atoms with Crippen molar-refractivity contribution in [2.24, 2.45) is 0 Å². The molecule has 90 valence electrons. The third kappa shape index (κ3) is 4.51. The Labute approximate surface area is 105 Å². The first-order chi connectivity index (χ1) is 7.77. The molecular weight excluding hydrogens is 270 g/mol. The van der Waals surface area contributed by atoms with Gasteiger partial charge in [0.25, 0.3) is 0 Å². The van der Waals surface area contributed by atoms with E-state index in [0.29, 0.717) is 0 Å². The van der Waals surface area contributed by atoms with Gasteiger partial charge in [0.2, 0.25) is 0 Å². The molecule has 0 amide bonds. The van der Waals surface area contributed by atoms with E-state index in [1.165, 1.54) is 0 Å². The fraction of sp³-hybridized carbons (Fsp3) is 0.500. The normalized spacial score (nSPS) is 10.4. The van der Waals surface area contributed by atoms with E-state index in [0.717, 1.165) is 42.1 Å². The maximum atomic E-state index is 5.30. The lowest BCUT2D eigenvalue weighted by Gasteiger charge is -2.10. The lowest BCUT2D eigenvalue weighted by atomic mass is 10.2. The predicted molar refractivity (Wildman–Crippen MR) is 68.9 cm³/mol. The van der Waals surface area contributed by atoms with Crippen LogP contribution in [0.5, 0.6) is 5.75 Å². The molecule has 16 heavy (non-hydrogen) atoms. The standard InChI is InChI=1S/C12H18BrNO2/c1-3-16-7-6-14-9-10-4-5-11(13)8-12(10)15-2/h4-5,8,14H,3,6-7,9H2,1-2H3. The van der Waals surface area contributed by atoms with Crippen LogP contribution in [-0.2, 0) is 11.3 Å². The average Bonchev–Trinajstić information content (AvgIpc) is 2.30. The van der Waals surface area contributed by atoms with Crippen molar-refractivity contribution in [3.63, 3.8) is 0 Å². The summed E-state index contributed by atoms with van der Waals surface area (Å²) in [5, 5.41) is 3.31. The Kier molecular flexibility index (Phi) is 6.45. The number of rotatable bonds is 7. The molecule has 0 aliphatic heterocycles. The zero-order valence-electron chi connectivity index (χ0n) is 9.75. The van der Waals surface area contributed by atoms with Crippen LogP contribution in [0.2, 0.25) is 0 Å². The minimum atomic E-state index is 0.745. The van der Waals surface area contributed by atoms with Crippen molar-refractivity contribution in [2.45, 2.75) is 13.5 Å². The highest BCUT2D eigenvalue weighted by molar-refractivity contribution is 9.10. The van der Waals surface area contributed by atoms with Gasteiger partial charge in [-0.3, -0.25) is 0 Å². The van der Waals surface area contributed by atoms with E-state index >= 15 is 0 Å². The second kappa shape index (κ2) is 7.65. The van der Waals surface area contributed by atoms with Crippen LogP contribution in [0.25, 0.3) is 0 Å². The Balaban J connectivity index is 2.41. The summed E-state index contributed by atoms with van der Waals surface area (Å²) < 4.78 is 11.6. The van der Waals surface area contributed by atoms with Crippen molar-refractivity contribution in [3.8, 4) is 5.75 Å². The van der Waals surface area contributed by atoms with Gasteiger partial charge in [-0.1, -0.05) is 22.0 Å². The van der Waals surface area contributed by atoms with E-state index in [2.05, 4.69) is 27.3 Å². The summed E-state index contributed by atoms with van der Waals surface area (Å²) in [5.74, 6) is 0.901. The molecule has 1 rings (SSSR count). The third-order valence-corrected chi connectivity index (χ3v) is 2.69. The summed E-state index contributed by atoms with van der Waals surface area (Å²) >= 11 is 3.42. The van der Waals surface area contributed by atoms with Gasteiger partial charge in [0.05, 0.1) is 13.7 Å². The number of methoxy groups -OCH3 is 1. The average molecular weight is 288 g/mol. The molecule has 0 saturated carbocycles. The summed E-state index contributed by atoms with van der Waals surface area (Å²) in [7, 11) is 1.69. The largest absolute Gasteiger partial charge is 0.496 e. The fourth-order valence-electron chi connectivity index (χ4n) is 1.38. The molecule has 3 nitrogen and oxygen atoms in total. The molecule has 0 atom stereocenters. The van der Waals surface area contributed by atoms with Gasteiger partial charge >= 0.3 is 0 Å². The van der Waals surface area contributed by atoms with Crippen LogP contribution in [-0.4, -0.2) is 26.9 Å². The number of hydrogen-bond acceptors (Lipinski definition) is 3. The molecule has 0 aliphatic rings. The maximum absolute atomic E-state index is 5.30. The van der Waals surface area contributed by atoms with Gasteiger partial charge in [0, 0.05) is 29.7 Å². The van der Waals surface area contributed by atoms with E-state index in [4.69, 9.17) is 9.47 Å². The summed E-state index contributed by atoms with van der Waals surface area (Å²) in [6.07, 6.45) is 0. The zero-order valence-corrected chi connectivity index (χ0v) is 11.3. The van der Waals surface area contributed by atoms with Gasteiger partial charge in [-0.25, -0.2) is 0 Å². The molecule has 0 saturated heterocycles. The van der Waals surface area contributed by atoms with Gasteiger partial charge in [-0.15, -0.1) is 0 Å². The van der Waals surface area contributed by atoms with Crippen LogP contribution in [0.1, 0.15) is 12.5 Å². The van der Waals surface area contributed by atoms with E-state index in [-0.39, 0.29) is 0 Å². The van der Waals surface area contributed by atoms with Crippen LogP contribution < -0.4 is 10.1 Å². The van der Waals surface area contributed by atoms with Gasteiger partial charge in [0.1, 0.15) is 5.75 Å². The molecule has 1 aromatic rings. The molecule has 0 fully saturated rings. The summed E-state index contributed by atoms with van der Waals surface area (Å²) in [6, 6.07) is 6.04. The van der Waals surface area contributed by atoms with Crippen LogP contribution in [0.15, 0.2) is 22.7 Å². The smallest absolute Gasteiger partial charge is 0.124 e. The predicted octanol–water partition coefficient (Wildman–Crippen LogP) is 2.58. The summed E-state index contributed by atoms with van der Waals surface area (Å²) in [6.45, 7) is 5.16. The third-order valence-electron chi connectivity index (χ3n) is 2.19. The first-order valence-electron chi connectivity index (χ1n) is 5.38. The van der Waals surface area contributed by atoms with Crippen molar-refractivity contribution >= 4 is 15.9 Å². The molecule has 0 spiro atoms. The Bertz CT molecular complexity index is 318. The van der Waals surface area contributed by atoms with Crippen LogP contribution >= 0.6 is 15.9 Å². The number of nitrogens with one attached hydrogen (secondary N) is 1. The number of benzene rings is 1. The molecule has 1 N–H and O–H groups in total. The van der Waals surface area contributed by atoms with E-state index in [9.17, 15) is 0 Å². The van der Waals surface area contributed by atoms with Crippen molar-refractivity contribution in [1.82, 2.24) is 5.32 Å². The van der Waals surface area contributed by atoms with Gasteiger partial charge in [-0.2, -0.15) is 0 Å². The van der Waals surface area contributed by atoms with Gasteiger partial charge in [0.15, 0.2) is 0 Å². The fourth-order valence-corrected chi connectivity index (χ4v) is 1.72. The maximum Gasteiger partial charge on any atom is 0.124 e. The molecule has 0 heterocycles. The molecule has 0 bridgehead atoms. The molecule has 4 heteroatoms. The monoisotopic (exact) mass is 287 g/mol. The van der Waals surface area contributed by atoms with Crippen molar-refractivity contribution < 1.29 is 9.47 Å². The quantitative estimate of drug-likeness (QED) is 0.782. The SMILES string of the molecule is CCOCCNCc1ccc(Br)cc1OC. The molecule has 0 aliphatic carbocycles. The van der Waals surface area contributed by atoms with E-state index in [1.54, 1.807) is 7.11 Å². The van der Waals surface area contributed by atoms with Crippen molar-refractivity contribution in [3.05, 3.63) is 28.2 Å². The zero-order chi connectivity index (χ0) is 11.8. The first-order valence-corrected chi connectivity index (χ1v) is 6.18. The number of ether oxygens (including phenoxy) is 2. The van der Waals surface area contributed by atoms with Crippen LogP contribution in [0.3, 0.4) is 0 Å². The lowest BCUT2D eigenvalue weighted by molar-refractivity contribution is 0.149. The second-order valence-corrected chi connectivity index (χ2v) is 4.25. The van der Waals surface area contributed by atoms with Gasteiger partial charge < -0.3 is 14.8 Å². The highest BCUT2D eigenvalue weighted by Crippen LogP contribution is 2.23. The van der Waals surface area contributed by atoms with E-state index in [1.807, 2.05) is 19.1 Å². The lowest BCUT2D eigenvalue weighted by Crippen LogP contribution is -2.19. The van der Waals surface area contributed by atoms with Crippen LogP contribution in [0, 0.1) is 0 Å². The second-order valence-electron chi connectivity index (χ2n) is 3.33. The van der Waals surface area contributed by atoms with Crippen molar-refractivity contribution in [1.29, 1.82) is 0 Å². The minimum Gasteiger partial charge on any atom is -0.496 e. The van der Waals surface area contributed by atoms with E-state index < -0.39 is 0 Å². The Morgan fingerprint density at radius 2 is 2.19 bits per heavy atom. The minimum absolute atomic E-state index is 0.745. The number of hydrogen-bond donors (Lipinski definition) is 1. The topological polar surface area (TPSA) is 30.5 Å². The first kappa shape index (κ1) is 13.5. The Hall–Kier alpha value is -0.580. The van der Waals surface area contributed by atoms with Crippen LogP contribution in [0.4, 0.5) is 0 Å². The number of halogens is 1. The Morgan fingerprint density at radius 3 is 2.88 bits per heavy atom. The Morgan fingerprint density at radius 1 is 1.38 bits per heavy atom. The molecule has 0 radical (unpaired) electrons. The molecular formula is C12H18BrNO2. The van der Waals surface area contributed by atoms with Gasteiger partial charge in [-0.05, 0) is 19.1 Å². The molecule has 0 unspecified atom stereocenters.